The molecule has 0 bridgehead atoms. The van der Waals surface area contributed by atoms with Crippen LogP contribution < -0.4 is 5.32 Å². The minimum absolute atomic E-state index is 0.0792. The third kappa shape index (κ3) is 4.48. The molecular weight excluding hydrogens is 262 g/mol. The molecule has 1 N–H and O–H groups in total. The molecule has 1 aliphatic carbocycles. The van der Waals surface area contributed by atoms with Gasteiger partial charge >= 0.3 is 0 Å². The number of nitrogens with zero attached hydrogens (tertiary/aromatic N) is 2. The number of rotatable bonds is 8. The number of aryl methyl sites for hydroxylation is 2. The minimum Gasteiger partial charge on any atom is -0.373 e. The van der Waals surface area contributed by atoms with Crippen molar-refractivity contribution in [3.63, 3.8) is 0 Å². The van der Waals surface area contributed by atoms with Gasteiger partial charge < -0.3 is 10.1 Å². The van der Waals surface area contributed by atoms with Crippen LogP contribution in [0.3, 0.4) is 0 Å². The summed E-state index contributed by atoms with van der Waals surface area (Å²) in [5, 5.41) is 3.48. The van der Waals surface area contributed by atoms with Crippen LogP contribution in [0.5, 0.6) is 0 Å². The van der Waals surface area contributed by atoms with Gasteiger partial charge in [0, 0.05) is 18.5 Å². The summed E-state index contributed by atoms with van der Waals surface area (Å²) in [5.74, 6) is 2.17. The molecule has 1 unspecified atom stereocenters. The van der Waals surface area contributed by atoms with E-state index in [2.05, 4.69) is 33.0 Å². The summed E-state index contributed by atoms with van der Waals surface area (Å²) in [7, 11) is 1.76. The Bertz CT molecular complexity index is 446. The fraction of sp³-hybridized carbons (Fsp3) is 0.765. The molecule has 0 aliphatic heterocycles. The van der Waals surface area contributed by atoms with Crippen LogP contribution in [0.1, 0.15) is 55.6 Å². The van der Waals surface area contributed by atoms with Crippen molar-refractivity contribution >= 4 is 0 Å². The fourth-order valence-corrected chi connectivity index (χ4v) is 2.77. The third-order valence-electron chi connectivity index (χ3n) is 4.10. The molecule has 1 aromatic rings. The van der Waals surface area contributed by atoms with E-state index in [1.54, 1.807) is 7.11 Å². The molecule has 1 aliphatic rings. The summed E-state index contributed by atoms with van der Waals surface area (Å²) >= 11 is 0. The third-order valence-corrected chi connectivity index (χ3v) is 4.10. The number of nitrogens with one attached hydrogen (secondary N) is 1. The molecule has 0 amide bonds. The molecule has 1 atom stereocenters. The molecule has 2 rings (SSSR count). The van der Waals surface area contributed by atoms with Crippen LogP contribution in [0.25, 0.3) is 0 Å². The molecule has 118 valence electrons. The van der Waals surface area contributed by atoms with Gasteiger partial charge in [-0.3, -0.25) is 0 Å². The van der Waals surface area contributed by atoms with Crippen molar-refractivity contribution < 1.29 is 4.74 Å². The summed E-state index contributed by atoms with van der Waals surface area (Å²) in [6.07, 6.45) is 3.54. The van der Waals surface area contributed by atoms with E-state index in [-0.39, 0.29) is 6.10 Å². The molecule has 1 heterocycles. The Labute approximate surface area is 128 Å². The summed E-state index contributed by atoms with van der Waals surface area (Å²) in [6, 6.07) is 0. The summed E-state index contributed by atoms with van der Waals surface area (Å²) < 4.78 is 5.60. The van der Waals surface area contributed by atoms with Gasteiger partial charge in [-0.15, -0.1) is 0 Å². The Morgan fingerprint density at radius 1 is 1.19 bits per heavy atom. The van der Waals surface area contributed by atoms with Crippen LogP contribution in [0.4, 0.5) is 0 Å². The average Bonchev–Trinajstić information content (AvgIpc) is 3.22. The van der Waals surface area contributed by atoms with E-state index < -0.39 is 0 Å². The van der Waals surface area contributed by atoms with Crippen molar-refractivity contribution in [2.45, 2.75) is 53.1 Å². The van der Waals surface area contributed by atoms with Gasteiger partial charge in [-0.2, -0.15) is 0 Å². The van der Waals surface area contributed by atoms with Gasteiger partial charge in [0.05, 0.1) is 0 Å². The van der Waals surface area contributed by atoms with Crippen molar-refractivity contribution in [2.75, 3.05) is 20.2 Å². The lowest BCUT2D eigenvalue weighted by atomic mass is 10.1. The fourth-order valence-electron chi connectivity index (χ4n) is 2.77. The summed E-state index contributed by atoms with van der Waals surface area (Å²) in [4.78, 5) is 9.43. The number of aromatic nitrogens is 2. The second-order valence-electron chi connectivity index (χ2n) is 6.57. The summed E-state index contributed by atoms with van der Waals surface area (Å²) in [6.45, 7) is 10.7. The second kappa shape index (κ2) is 7.32. The van der Waals surface area contributed by atoms with Gasteiger partial charge in [0.25, 0.3) is 0 Å². The molecule has 4 nitrogen and oxygen atoms in total. The Morgan fingerprint density at radius 2 is 1.81 bits per heavy atom. The van der Waals surface area contributed by atoms with Crippen LogP contribution in [-0.4, -0.2) is 30.2 Å². The molecule has 0 aromatic carbocycles. The monoisotopic (exact) mass is 291 g/mol. The van der Waals surface area contributed by atoms with Crippen molar-refractivity contribution in [1.29, 1.82) is 0 Å². The van der Waals surface area contributed by atoms with Crippen molar-refractivity contribution in [3.8, 4) is 0 Å². The van der Waals surface area contributed by atoms with Gasteiger partial charge in [0.15, 0.2) is 5.82 Å². The van der Waals surface area contributed by atoms with E-state index in [4.69, 9.17) is 14.7 Å². The Balaban J connectivity index is 2.02. The molecular formula is C17H29N3O. The first-order chi connectivity index (χ1) is 10.0. The predicted molar refractivity (Wildman–Crippen MR) is 85.4 cm³/mol. The van der Waals surface area contributed by atoms with Crippen LogP contribution >= 0.6 is 0 Å². The molecule has 21 heavy (non-hydrogen) atoms. The van der Waals surface area contributed by atoms with Crippen LogP contribution in [0, 0.1) is 25.7 Å². The molecule has 0 radical (unpaired) electrons. The van der Waals surface area contributed by atoms with E-state index in [0.29, 0.717) is 11.8 Å². The maximum atomic E-state index is 5.60. The average molecular weight is 291 g/mol. The zero-order valence-electron chi connectivity index (χ0n) is 14.1. The second-order valence-corrected chi connectivity index (χ2v) is 6.57. The zero-order valence-corrected chi connectivity index (χ0v) is 14.1. The van der Waals surface area contributed by atoms with Crippen molar-refractivity contribution in [3.05, 3.63) is 22.8 Å². The van der Waals surface area contributed by atoms with Crippen LogP contribution in [0.15, 0.2) is 0 Å². The molecule has 0 saturated heterocycles. The van der Waals surface area contributed by atoms with Crippen LogP contribution in [-0.2, 0) is 11.2 Å². The smallest absolute Gasteiger partial charge is 0.157 e. The largest absolute Gasteiger partial charge is 0.373 e. The lowest BCUT2D eigenvalue weighted by Crippen LogP contribution is -2.23. The molecule has 1 aromatic heterocycles. The molecule has 0 spiro atoms. The van der Waals surface area contributed by atoms with E-state index >= 15 is 0 Å². The van der Waals surface area contributed by atoms with Crippen LogP contribution in [0.2, 0.25) is 0 Å². The van der Waals surface area contributed by atoms with Gasteiger partial charge in [-0.1, -0.05) is 13.8 Å². The number of ether oxygens (including phenoxy) is 1. The Morgan fingerprint density at radius 3 is 2.29 bits per heavy atom. The van der Waals surface area contributed by atoms with Gasteiger partial charge in [0.2, 0.25) is 0 Å². The molecule has 1 fully saturated rings. The SMILES string of the molecule is COC(c1nc(C)c(CCNCC(C)C)c(C)n1)C1CC1. The number of hydrogen-bond donors (Lipinski definition) is 1. The maximum absolute atomic E-state index is 5.60. The first-order valence-electron chi connectivity index (χ1n) is 8.10. The highest BCUT2D eigenvalue weighted by Crippen LogP contribution is 2.42. The van der Waals surface area contributed by atoms with Gasteiger partial charge in [0.1, 0.15) is 6.10 Å². The highest BCUT2D eigenvalue weighted by molar-refractivity contribution is 5.25. The normalized spacial score (nSPS) is 16.5. The topological polar surface area (TPSA) is 47.0 Å². The maximum Gasteiger partial charge on any atom is 0.157 e. The number of methoxy groups -OCH3 is 1. The van der Waals surface area contributed by atoms with E-state index in [0.717, 1.165) is 36.7 Å². The lowest BCUT2D eigenvalue weighted by Gasteiger charge is -2.17. The molecule has 4 heteroatoms. The van der Waals surface area contributed by atoms with E-state index in [1.807, 2.05) is 0 Å². The molecule has 1 saturated carbocycles. The standard InChI is InChI=1S/C17H29N3O/c1-11(2)10-18-9-8-15-12(3)19-17(20-13(15)4)16(21-5)14-6-7-14/h11,14,16,18H,6-10H2,1-5H3. The first-order valence-corrected chi connectivity index (χ1v) is 8.10. The van der Waals surface area contributed by atoms with E-state index in [9.17, 15) is 0 Å². The quantitative estimate of drug-likeness (QED) is 0.748. The Kier molecular flexibility index (Phi) is 5.71. The number of hydrogen-bond acceptors (Lipinski definition) is 4. The zero-order chi connectivity index (χ0) is 15.4. The predicted octanol–water partition coefficient (Wildman–Crippen LogP) is 2.98. The lowest BCUT2D eigenvalue weighted by molar-refractivity contribution is 0.0768. The summed E-state index contributed by atoms with van der Waals surface area (Å²) in [5.41, 5.74) is 3.48. The minimum atomic E-state index is 0.0792. The van der Waals surface area contributed by atoms with Crippen molar-refractivity contribution in [1.82, 2.24) is 15.3 Å². The first kappa shape index (κ1) is 16.4. The Hall–Kier alpha value is -1.00. The van der Waals surface area contributed by atoms with E-state index in [1.165, 1.54) is 18.4 Å². The highest BCUT2D eigenvalue weighted by atomic mass is 16.5. The van der Waals surface area contributed by atoms with Gasteiger partial charge in [-0.05, 0) is 63.6 Å². The highest BCUT2D eigenvalue weighted by Gasteiger charge is 2.34. The van der Waals surface area contributed by atoms with Crippen molar-refractivity contribution in [2.24, 2.45) is 11.8 Å². The van der Waals surface area contributed by atoms with Gasteiger partial charge in [-0.25, -0.2) is 9.97 Å².